The number of benzene rings is 1. The van der Waals surface area contributed by atoms with Crippen LogP contribution in [0.25, 0.3) is 0 Å². The number of aromatic carboxylic acids is 1. The van der Waals surface area contributed by atoms with Crippen LogP contribution in [0.15, 0.2) is 29.6 Å². The number of hydrogen-bond donors (Lipinski definition) is 2. The summed E-state index contributed by atoms with van der Waals surface area (Å²) >= 11 is 1.30. The molecule has 0 atom stereocenters. The van der Waals surface area contributed by atoms with Gasteiger partial charge in [-0.3, -0.25) is 10.1 Å². The quantitative estimate of drug-likeness (QED) is 0.626. The van der Waals surface area contributed by atoms with Gasteiger partial charge in [-0.2, -0.15) is 0 Å². The predicted molar refractivity (Wildman–Crippen MR) is 74.4 cm³/mol. The van der Waals surface area contributed by atoms with Crippen LogP contribution >= 0.6 is 11.3 Å². The molecule has 8 heteroatoms. The van der Waals surface area contributed by atoms with Crippen molar-refractivity contribution < 1.29 is 14.8 Å². The molecule has 0 saturated carbocycles. The third-order valence-corrected chi connectivity index (χ3v) is 3.43. The number of carboxylic acids is 1. The van der Waals surface area contributed by atoms with Gasteiger partial charge in [0.05, 0.1) is 9.93 Å². The third-order valence-electron chi connectivity index (χ3n) is 2.52. The van der Waals surface area contributed by atoms with Crippen LogP contribution in [0.5, 0.6) is 0 Å². The highest BCUT2D eigenvalue weighted by atomic mass is 32.1. The molecule has 2 rings (SSSR count). The fourth-order valence-corrected chi connectivity index (χ4v) is 2.31. The van der Waals surface area contributed by atoms with Crippen molar-refractivity contribution in [3.8, 4) is 0 Å². The molecule has 2 N–H and O–H groups in total. The Balaban J connectivity index is 1.85. The average molecular weight is 293 g/mol. The van der Waals surface area contributed by atoms with Crippen LogP contribution in [0.2, 0.25) is 0 Å². The monoisotopic (exact) mass is 293 g/mol. The number of carbonyl (C=O) groups is 1. The fourth-order valence-electron chi connectivity index (χ4n) is 1.54. The zero-order valence-electron chi connectivity index (χ0n) is 10.3. The van der Waals surface area contributed by atoms with Gasteiger partial charge in [-0.05, 0) is 12.1 Å². The van der Waals surface area contributed by atoms with Gasteiger partial charge < -0.3 is 10.4 Å². The Morgan fingerprint density at radius 2 is 2.10 bits per heavy atom. The van der Waals surface area contributed by atoms with E-state index in [-0.39, 0.29) is 11.4 Å². The SMILES string of the molecule is O=C(O)c1csc(CCNc2ccc([N+](=O)[O-])cc2)n1. The molecule has 20 heavy (non-hydrogen) atoms. The van der Waals surface area contributed by atoms with Gasteiger partial charge in [0.1, 0.15) is 0 Å². The molecule has 0 aliphatic heterocycles. The van der Waals surface area contributed by atoms with Gasteiger partial charge in [0, 0.05) is 36.2 Å². The van der Waals surface area contributed by atoms with E-state index in [1.165, 1.54) is 28.8 Å². The van der Waals surface area contributed by atoms with Gasteiger partial charge in [-0.1, -0.05) is 0 Å². The molecule has 0 aliphatic carbocycles. The van der Waals surface area contributed by atoms with E-state index in [1.807, 2.05) is 0 Å². The highest BCUT2D eigenvalue weighted by Gasteiger charge is 2.08. The average Bonchev–Trinajstić information content (AvgIpc) is 2.88. The van der Waals surface area contributed by atoms with Gasteiger partial charge in [0.15, 0.2) is 5.69 Å². The smallest absolute Gasteiger partial charge is 0.355 e. The summed E-state index contributed by atoms with van der Waals surface area (Å²) in [6.45, 7) is 0.574. The fraction of sp³-hybridized carbons (Fsp3) is 0.167. The van der Waals surface area contributed by atoms with Crippen molar-refractivity contribution in [3.05, 3.63) is 50.5 Å². The van der Waals surface area contributed by atoms with Gasteiger partial charge in [-0.15, -0.1) is 11.3 Å². The molecule has 7 nitrogen and oxygen atoms in total. The lowest BCUT2D eigenvalue weighted by Gasteiger charge is -2.04. The van der Waals surface area contributed by atoms with Gasteiger partial charge >= 0.3 is 5.97 Å². The zero-order valence-corrected chi connectivity index (χ0v) is 11.1. The number of rotatable bonds is 6. The Morgan fingerprint density at radius 3 is 2.65 bits per heavy atom. The maximum absolute atomic E-state index is 10.7. The molecule has 0 amide bonds. The molecule has 1 aromatic heterocycles. The summed E-state index contributed by atoms with van der Waals surface area (Å²) in [4.78, 5) is 24.7. The van der Waals surface area contributed by atoms with Crippen molar-refractivity contribution in [2.45, 2.75) is 6.42 Å². The highest BCUT2D eigenvalue weighted by Crippen LogP contribution is 2.16. The molecule has 2 aromatic rings. The second-order valence-corrected chi connectivity index (χ2v) is 4.86. The van der Waals surface area contributed by atoms with Crippen molar-refractivity contribution in [3.63, 3.8) is 0 Å². The minimum atomic E-state index is -1.03. The van der Waals surface area contributed by atoms with Crippen LogP contribution in [0.4, 0.5) is 11.4 Å². The molecule has 104 valence electrons. The summed E-state index contributed by atoms with van der Waals surface area (Å²) in [5.74, 6) is -1.03. The second kappa shape index (κ2) is 6.11. The zero-order chi connectivity index (χ0) is 14.5. The number of aromatic nitrogens is 1. The Labute approximate surface area is 118 Å². The van der Waals surface area contributed by atoms with Crippen molar-refractivity contribution >= 4 is 28.7 Å². The van der Waals surface area contributed by atoms with Crippen LogP contribution in [-0.4, -0.2) is 27.5 Å². The molecule has 0 bridgehead atoms. The van der Waals surface area contributed by atoms with Crippen molar-refractivity contribution in [2.75, 3.05) is 11.9 Å². The molecule has 0 saturated heterocycles. The first-order valence-electron chi connectivity index (χ1n) is 5.72. The lowest BCUT2D eigenvalue weighted by molar-refractivity contribution is -0.384. The number of nitrogens with one attached hydrogen (secondary N) is 1. The van der Waals surface area contributed by atoms with Crippen LogP contribution in [0, 0.1) is 10.1 Å². The van der Waals surface area contributed by atoms with Crippen LogP contribution in [0.3, 0.4) is 0 Å². The second-order valence-electron chi connectivity index (χ2n) is 3.91. The van der Waals surface area contributed by atoms with Crippen LogP contribution in [0.1, 0.15) is 15.5 Å². The molecule has 1 aromatic carbocycles. The molecule has 1 heterocycles. The Bertz CT molecular complexity index is 624. The predicted octanol–water partition coefficient (Wildman–Crippen LogP) is 2.40. The first-order valence-corrected chi connectivity index (χ1v) is 6.60. The van der Waals surface area contributed by atoms with E-state index in [0.29, 0.717) is 13.0 Å². The third kappa shape index (κ3) is 3.51. The Kier molecular flexibility index (Phi) is 4.26. The summed E-state index contributed by atoms with van der Waals surface area (Å²) < 4.78 is 0. The van der Waals surface area contributed by atoms with Gasteiger partial charge in [-0.25, -0.2) is 9.78 Å². The van der Waals surface area contributed by atoms with E-state index < -0.39 is 10.9 Å². The number of non-ortho nitro benzene ring substituents is 1. The lowest BCUT2D eigenvalue weighted by Crippen LogP contribution is -2.05. The topological polar surface area (TPSA) is 105 Å². The van der Waals surface area contributed by atoms with E-state index in [0.717, 1.165) is 10.7 Å². The van der Waals surface area contributed by atoms with Crippen LogP contribution < -0.4 is 5.32 Å². The number of nitrogens with zero attached hydrogens (tertiary/aromatic N) is 2. The summed E-state index contributed by atoms with van der Waals surface area (Å²) in [6, 6.07) is 6.11. The Hall–Kier alpha value is -2.48. The van der Waals surface area contributed by atoms with E-state index in [2.05, 4.69) is 10.3 Å². The molecular weight excluding hydrogens is 282 g/mol. The summed E-state index contributed by atoms with van der Waals surface area (Å²) in [6.07, 6.45) is 0.592. The highest BCUT2D eigenvalue weighted by molar-refractivity contribution is 7.09. The van der Waals surface area contributed by atoms with Crippen molar-refractivity contribution in [1.82, 2.24) is 4.98 Å². The number of hydrogen-bond acceptors (Lipinski definition) is 6. The largest absolute Gasteiger partial charge is 0.476 e. The first kappa shape index (κ1) is 13.9. The van der Waals surface area contributed by atoms with Crippen LogP contribution in [-0.2, 0) is 6.42 Å². The number of carboxylic acid groups (broad SMARTS) is 1. The normalized spacial score (nSPS) is 10.2. The molecule has 0 aliphatic rings. The summed E-state index contributed by atoms with van der Waals surface area (Å²) in [5, 5.41) is 24.6. The van der Waals surface area contributed by atoms with E-state index in [9.17, 15) is 14.9 Å². The number of nitro benzene ring substituents is 1. The number of thiazole rings is 1. The van der Waals surface area contributed by atoms with Crippen molar-refractivity contribution in [2.24, 2.45) is 0 Å². The lowest BCUT2D eigenvalue weighted by atomic mass is 10.3. The minimum Gasteiger partial charge on any atom is -0.476 e. The first-order chi connectivity index (χ1) is 9.56. The molecular formula is C12H11N3O4S. The van der Waals surface area contributed by atoms with E-state index >= 15 is 0 Å². The molecule has 0 spiro atoms. The van der Waals surface area contributed by atoms with Gasteiger partial charge in [0.25, 0.3) is 5.69 Å². The maximum atomic E-state index is 10.7. The van der Waals surface area contributed by atoms with Crippen molar-refractivity contribution in [1.29, 1.82) is 0 Å². The standard InChI is InChI=1S/C12H11N3O4S/c16-12(17)10-7-20-11(14-10)5-6-13-8-1-3-9(4-2-8)15(18)19/h1-4,7,13H,5-6H2,(H,16,17). The number of anilines is 1. The molecule has 0 unspecified atom stereocenters. The van der Waals surface area contributed by atoms with E-state index in [4.69, 9.17) is 5.11 Å². The molecule has 0 radical (unpaired) electrons. The maximum Gasteiger partial charge on any atom is 0.355 e. The van der Waals surface area contributed by atoms with E-state index in [1.54, 1.807) is 12.1 Å². The Morgan fingerprint density at radius 1 is 1.40 bits per heavy atom. The minimum absolute atomic E-state index is 0.0431. The summed E-state index contributed by atoms with van der Waals surface area (Å²) in [5.41, 5.74) is 0.868. The molecule has 0 fully saturated rings. The summed E-state index contributed by atoms with van der Waals surface area (Å²) in [7, 11) is 0. The number of nitro groups is 1. The van der Waals surface area contributed by atoms with Gasteiger partial charge in [0.2, 0.25) is 0 Å².